The molecule has 3 aromatic rings. The van der Waals surface area contributed by atoms with Crippen molar-refractivity contribution in [1.82, 2.24) is 19.9 Å². The van der Waals surface area contributed by atoms with Crippen LogP contribution < -0.4 is 0 Å². The molecule has 94 valence electrons. The highest BCUT2D eigenvalue weighted by atomic mass is 32.1. The maximum absolute atomic E-state index is 5.29. The summed E-state index contributed by atoms with van der Waals surface area (Å²) in [7, 11) is 0. The first-order valence-corrected chi connectivity index (χ1v) is 5.91. The quantitative estimate of drug-likeness (QED) is 0.586. The molecule has 0 radical (unpaired) electrons. The molecule has 3 aromatic heterocycles. The van der Waals surface area contributed by atoms with Gasteiger partial charge in [-0.2, -0.15) is 9.78 Å². The van der Waals surface area contributed by atoms with Crippen LogP contribution in [0.4, 0.5) is 0 Å². The van der Waals surface area contributed by atoms with Crippen molar-refractivity contribution in [3.05, 3.63) is 53.3 Å². The van der Waals surface area contributed by atoms with Crippen LogP contribution in [0.2, 0.25) is 0 Å². The fourth-order valence-corrected chi connectivity index (χ4v) is 1.72. The minimum atomic E-state index is 0.395. The molecule has 7 heteroatoms. The first-order valence-electron chi connectivity index (χ1n) is 5.50. The number of hydrogen-bond acceptors (Lipinski definition) is 5. The van der Waals surface area contributed by atoms with Crippen LogP contribution in [0.3, 0.4) is 0 Å². The molecule has 0 bridgehead atoms. The van der Waals surface area contributed by atoms with E-state index in [1.165, 1.54) is 4.68 Å². The van der Waals surface area contributed by atoms with Crippen molar-refractivity contribution in [2.45, 2.75) is 0 Å². The van der Waals surface area contributed by atoms with Gasteiger partial charge in [-0.25, -0.2) is 5.10 Å². The first-order chi connectivity index (χ1) is 9.34. The fraction of sp³-hybridized carbons (Fsp3) is 0. The number of H-pyrrole nitrogens is 1. The minimum Gasteiger partial charge on any atom is -0.461 e. The monoisotopic (exact) mass is 271 g/mol. The van der Waals surface area contributed by atoms with E-state index in [-0.39, 0.29) is 0 Å². The molecular weight excluding hydrogens is 262 g/mol. The van der Waals surface area contributed by atoms with Gasteiger partial charge in [-0.1, -0.05) is 6.07 Å². The number of nitrogens with one attached hydrogen (secondary N) is 1. The average Bonchev–Trinajstić information content (AvgIpc) is 3.07. The van der Waals surface area contributed by atoms with Gasteiger partial charge in [0.05, 0.1) is 12.5 Å². The number of rotatable bonds is 3. The van der Waals surface area contributed by atoms with Crippen molar-refractivity contribution < 1.29 is 4.42 Å². The molecule has 0 atom stereocenters. The van der Waals surface area contributed by atoms with Crippen LogP contribution in [0.1, 0.15) is 5.56 Å². The predicted octanol–water partition coefficient (Wildman–Crippen LogP) is 2.48. The van der Waals surface area contributed by atoms with Gasteiger partial charge in [-0.05, 0) is 30.4 Å². The van der Waals surface area contributed by atoms with Crippen molar-refractivity contribution in [3.63, 3.8) is 0 Å². The molecule has 0 saturated heterocycles. The van der Waals surface area contributed by atoms with E-state index in [2.05, 4.69) is 20.3 Å². The summed E-state index contributed by atoms with van der Waals surface area (Å²) in [5, 5.41) is 11.1. The second-order valence-electron chi connectivity index (χ2n) is 3.67. The molecule has 0 aliphatic carbocycles. The highest BCUT2D eigenvalue weighted by Crippen LogP contribution is 2.17. The predicted molar refractivity (Wildman–Crippen MR) is 72.3 cm³/mol. The van der Waals surface area contributed by atoms with Gasteiger partial charge in [-0.3, -0.25) is 4.98 Å². The van der Waals surface area contributed by atoms with Crippen molar-refractivity contribution in [3.8, 4) is 11.6 Å². The van der Waals surface area contributed by atoms with Crippen molar-refractivity contribution in [2.75, 3.05) is 0 Å². The number of aromatic nitrogens is 4. The second kappa shape index (κ2) is 4.99. The lowest BCUT2D eigenvalue weighted by Crippen LogP contribution is -1.94. The van der Waals surface area contributed by atoms with E-state index in [4.69, 9.17) is 16.6 Å². The van der Waals surface area contributed by atoms with Gasteiger partial charge in [0.1, 0.15) is 0 Å². The Morgan fingerprint density at radius 1 is 1.37 bits per heavy atom. The molecule has 6 nitrogen and oxygen atoms in total. The minimum absolute atomic E-state index is 0.395. The normalized spacial score (nSPS) is 11.2. The average molecular weight is 271 g/mol. The number of pyridine rings is 1. The Morgan fingerprint density at radius 3 is 3.05 bits per heavy atom. The lowest BCUT2D eigenvalue weighted by molar-refractivity contribution is 0.573. The van der Waals surface area contributed by atoms with E-state index in [1.807, 2.05) is 12.1 Å². The Balaban J connectivity index is 2.00. The van der Waals surface area contributed by atoms with Gasteiger partial charge < -0.3 is 4.42 Å². The molecule has 0 aliphatic heterocycles. The first kappa shape index (κ1) is 11.5. The van der Waals surface area contributed by atoms with E-state index in [0.717, 1.165) is 5.56 Å². The van der Waals surface area contributed by atoms with Crippen LogP contribution in [0.25, 0.3) is 11.6 Å². The SMILES string of the molecule is S=c1[nH]nc(-c2ccco2)n1/N=C\c1cccnc1. The Bertz CT molecular complexity index is 742. The lowest BCUT2D eigenvalue weighted by atomic mass is 10.3. The fourth-order valence-electron chi connectivity index (χ4n) is 1.54. The second-order valence-corrected chi connectivity index (χ2v) is 4.06. The highest BCUT2D eigenvalue weighted by Gasteiger charge is 2.10. The summed E-state index contributed by atoms with van der Waals surface area (Å²) in [5.74, 6) is 1.12. The Hall–Kier alpha value is -2.54. The van der Waals surface area contributed by atoms with E-state index in [0.29, 0.717) is 16.4 Å². The zero-order valence-corrected chi connectivity index (χ0v) is 10.5. The Kier molecular flexibility index (Phi) is 3.03. The molecular formula is C12H9N5OS. The van der Waals surface area contributed by atoms with Crippen molar-refractivity contribution >= 4 is 18.4 Å². The Labute approximate surface area is 113 Å². The van der Waals surface area contributed by atoms with Crippen molar-refractivity contribution in [1.29, 1.82) is 0 Å². The summed E-state index contributed by atoms with van der Waals surface area (Å²) < 4.78 is 7.19. The zero-order chi connectivity index (χ0) is 13.1. The van der Waals surface area contributed by atoms with Crippen molar-refractivity contribution in [2.24, 2.45) is 5.10 Å². The summed E-state index contributed by atoms with van der Waals surface area (Å²) >= 11 is 5.14. The standard InChI is InChI=1S/C12H9N5OS/c19-12-16-15-11(10-4-2-6-18-10)17(12)14-8-9-3-1-5-13-7-9/h1-8H,(H,16,19)/b14-8-. The summed E-state index contributed by atoms with van der Waals surface area (Å²) in [4.78, 5) is 4.01. The number of hydrogen-bond donors (Lipinski definition) is 1. The van der Waals surface area contributed by atoms with Gasteiger partial charge in [0.25, 0.3) is 0 Å². The third-order valence-corrected chi connectivity index (χ3v) is 2.66. The van der Waals surface area contributed by atoms with E-state index < -0.39 is 0 Å². The smallest absolute Gasteiger partial charge is 0.219 e. The molecule has 0 aliphatic rings. The molecule has 0 amide bonds. The molecule has 1 N–H and O–H groups in total. The van der Waals surface area contributed by atoms with Gasteiger partial charge in [-0.15, -0.1) is 5.10 Å². The van der Waals surface area contributed by atoms with Gasteiger partial charge in [0.15, 0.2) is 5.76 Å². The van der Waals surface area contributed by atoms with Crippen LogP contribution in [-0.2, 0) is 0 Å². The molecule has 3 rings (SSSR count). The van der Waals surface area contributed by atoms with Gasteiger partial charge >= 0.3 is 0 Å². The lowest BCUT2D eigenvalue weighted by Gasteiger charge is -1.96. The van der Waals surface area contributed by atoms with E-state index >= 15 is 0 Å². The largest absolute Gasteiger partial charge is 0.461 e. The van der Waals surface area contributed by atoms with Crippen LogP contribution in [-0.4, -0.2) is 26.1 Å². The number of furan rings is 1. The summed E-state index contributed by atoms with van der Waals surface area (Å²) in [6.45, 7) is 0. The summed E-state index contributed by atoms with van der Waals surface area (Å²) in [6.07, 6.45) is 6.64. The molecule has 0 unspecified atom stereocenters. The molecule has 0 aromatic carbocycles. The number of nitrogens with zero attached hydrogens (tertiary/aromatic N) is 4. The van der Waals surface area contributed by atoms with Crippen LogP contribution in [0.15, 0.2) is 52.4 Å². The third-order valence-electron chi connectivity index (χ3n) is 2.40. The van der Waals surface area contributed by atoms with Crippen LogP contribution in [0.5, 0.6) is 0 Å². The van der Waals surface area contributed by atoms with E-state index in [9.17, 15) is 0 Å². The molecule has 3 heterocycles. The third kappa shape index (κ3) is 2.36. The molecule has 19 heavy (non-hydrogen) atoms. The van der Waals surface area contributed by atoms with E-state index in [1.54, 1.807) is 37.0 Å². The van der Waals surface area contributed by atoms with Gasteiger partial charge in [0.2, 0.25) is 10.6 Å². The zero-order valence-electron chi connectivity index (χ0n) is 9.72. The maximum Gasteiger partial charge on any atom is 0.219 e. The maximum atomic E-state index is 5.29. The molecule has 0 fully saturated rings. The summed E-state index contributed by atoms with van der Waals surface area (Å²) in [6, 6.07) is 7.31. The number of aromatic amines is 1. The van der Waals surface area contributed by atoms with Crippen LogP contribution >= 0.6 is 12.2 Å². The van der Waals surface area contributed by atoms with Crippen LogP contribution in [0, 0.1) is 4.77 Å². The Morgan fingerprint density at radius 2 is 2.32 bits per heavy atom. The highest BCUT2D eigenvalue weighted by molar-refractivity contribution is 7.71. The molecule has 0 saturated carbocycles. The summed E-state index contributed by atoms with van der Waals surface area (Å²) in [5.41, 5.74) is 0.871. The topological polar surface area (TPSA) is 72.0 Å². The molecule has 0 spiro atoms. The van der Waals surface area contributed by atoms with Gasteiger partial charge in [0, 0.05) is 18.0 Å².